The molecule has 34 heavy (non-hydrogen) atoms. The molecule has 0 fully saturated rings. The van der Waals surface area contributed by atoms with Crippen molar-refractivity contribution in [2.75, 3.05) is 0 Å². The van der Waals surface area contributed by atoms with Crippen molar-refractivity contribution in [3.63, 3.8) is 0 Å². The average molecular weight is 511 g/mol. The van der Waals surface area contributed by atoms with Gasteiger partial charge in [-0.2, -0.15) is 10.4 Å². The molecule has 1 aromatic carbocycles. The molecular weight excluding hydrogens is 495 g/mol. The molecule has 5 aromatic rings. The predicted octanol–water partition coefficient (Wildman–Crippen LogP) is 4.69. The molecule has 0 radical (unpaired) electrons. The van der Waals surface area contributed by atoms with Gasteiger partial charge in [-0.05, 0) is 30.7 Å². The van der Waals surface area contributed by atoms with Crippen LogP contribution in [0.2, 0.25) is 10.0 Å². The van der Waals surface area contributed by atoms with Gasteiger partial charge in [0.2, 0.25) is 0 Å². The van der Waals surface area contributed by atoms with Crippen LogP contribution in [-0.4, -0.2) is 23.9 Å². The molecule has 11 heteroatoms. The molecule has 0 saturated carbocycles. The number of rotatable bonds is 4. The van der Waals surface area contributed by atoms with Crippen molar-refractivity contribution in [1.29, 1.82) is 5.26 Å². The lowest BCUT2D eigenvalue weighted by molar-refractivity contribution is 0.662. The Morgan fingerprint density at radius 3 is 2.68 bits per heavy atom. The molecule has 0 amide bonds. The third kappa shape index (κ3) is 3.42. The highest BCUT2D eigenvalue weighted by Gasteiger charge is 2.21. The lowest BCUT2D eigenvalue weighted by Crippen LogP contribution is -2.38. The van der Waals surface area contributed by atoms with E-state index in [1.54, 1.807) is 42.3 Å². The molecule has 4 aromatic heterocycles. The third-order valence-corrected chi connectivity index (χ3v) is 7.51. The van der Waals surface area contributed by atoms with Crippen LogP contribution in [0, 0.1) is 18.3 Å². The zero-order chi connectivity index (χ0) is 24.1. The van der Waals surface area contributed by atoms with E-state index >= 15 is 0 Å². The zero-order valence-electron chi connectivity index (χ0n) is 18.0. The Morgan fingerprint density at radius 2 is 1.91 bits per heavy atom. The number of benzene rings is 1. The van der Waals surface area contributed by atoms with Crippen LogP contribution < -0.4 is 11.2 Å². The lowest BCUT2D eigenvalue weighted by atomic mass is 10.1. The maximum absolute atomic E-state index is 13.7. The van der Waals surface area contributed by atoms with E-state index in [1.165, 1.54) is 22.1 Å². The van der Waals surface area contributed by atoms with Crippen molar-refractivity contribution >= 4 is 55.7 Å². The molecule has 8 nitrogen and oxygen atoms in total. The van der Waals surface area contributed by atoms with Gasteiger partial charge in [0.05, 0.1) is 41.6 Å². The minimum atomic E-state index is -0.555. The van der Waals surface area contributed by atoms with Gasteiger partial charge in [-0.15, -0.1) is 11.3 Å². The summed E-state index contributed by atoms with van der Waals surface area (Å²) >= 11 is 14.0. The zero-order valence-corrected chi connectivity index (χ0v) is 20.4. The number of fused-ring (bicyclic) bond motifs is 2. The highest BCUT2D eigenvalue weighted by molar-refractivity contribution is 7.22. The van der Waals surface area contributed by atoms with Crippen molar-refractivity contribution in [2.24, 2.45) is 7.05 Å². The largest absolute Gasteiger partial charge is 0.336 e. The van der Waals surface area contributed by atoms with Crippen molar-refractivity contribution in [3.05, 3.63) is 73.2 Å². The van der Waals surface area contributed by atoms with Crippen molar-refractivity contribution < 1.29 is 0 Å². The lowest BCUT2D eigenvalue weighted by Gasteiger charge is -2.12. The molecule has 0 saturated heterocycles. The van der Waals surface area contributed by atoms with Crippen LogP contribution in [-0.2, 0) is 13.6 Å². The van der Waals surface area contributed by atoms with Crippen LogP contribution in [0.4, 0.5) is 0 Å². The molecule has 170 valence electrons. The summed E-state index contributed by atoms with van der Waals surface area (Å²) in [5.74, 6) is 0. The second kappa shape index (κ2) is 8.40. The van der Waals surface area contributed by atoms with Crippen molar-refractivity contribution in [3.8, 4) is 22.2 Å². The number of pyridine rings is 1. The maximum Gasteiger partial charge on any atom is 0.336 e. The Balaban J connectivity index is 1.87. The average Bonchev–Trinajstić information content (AvgIpc) is 3.41. The summed E-state index contributed by atoms with van der Waals surface area (Å²) in [6.45, 7) is 1.98. The number of hydrogen-bond donors (Lipinski definition) is 0. The minimum absolute atomic E-state index is 0.101. The topological polar surface area (TPSA) is 98.5 Å². The van der Waals surface area contributed by atoms with Gasteiger partial charge in [0.25, 0.3) is 5.56 Å². The summed E-state index contributed by atoms with van der Waals surface area (Å²) < 4.78 is 4.50. The molecule has 0 aliphatic rings. The Kier molecular flexibility index (Phi) is 5.52. The third-order valence-electron chi connectivity index (χ3n) is 5.64. The van der Waals surface area contributed by atoms with Gasteiger partial charge in [-0.25, -0.2) is 9.36 Å². The predicted molar refractivity (Wildman–Crippen MR) is 134 cm³/mol. The summed E-state index contributed by atoms with van der Waals surface area (Å²) in [5, 5.41) is 15.1. The molecule has 0 atom stereocenters. The van der Waals surface area contributed by atoms with Gasteiger partial charge in [0.15, 0.2) is 0 Å². The number of aryl methyl sites for hydroxylation is 3. The summed E-state index contributed by atoms with van der Waals surface area (Å²) in [6, 6.07) is 7.33. The van der Waals surface area contributed by atoms with Crippen LogP contribution >= 0.6 is 34.5 Å². The van der Waals surface area contributed by atoms with Gasteiger partial charge >= 0.3 is 5.69 Å². The standard InChI is InChI=1S/C23H16Cl2N6O2S/c1-12-6-16(25)14(7-15(12)24)19-8-17-21(34-19)22(32)31(23(33)30(17)5-3-4-26)18-11-27-9-13-10-28-29(2)20(13)18/h6-11H,3,5H2,1-2H3. The smallest absolute Gasteiger partial charge is 0.291 e. The molecule has 5 rings (SSSR count). The number of halogens is 2. The molecule has 0 N–H and O–H groups in total. The number of hydrogen-bond acceptors (Lipinski definition) is 6. The first-order valence-electron chi connectivity index (χ1n) is 10.2. The minimum Gasteiger partial charge on any atom is -0.291 e. The van der Waals surface area contributed by atoms with E-state index < -0.39 is 11.2 Å². The van der Waals surface area contributed by atoms with E-state index in [4.69, 9.17) is 23.2 Å². The molecule has 0 spiro atoms. The van der Waals surface area contributed by atoms with E-state index in [9.17, 15) is 14.9 Å². The Bertz CT molecular complexity index is 1770. The van der Waals surface area contributed by atoms with Gasteiger partial charge in [0.1, 0.15) is 4.70 Å². The first-order valence-corrected chi connectivity index (χ1v) is 11.8. The first kappa shape index (κ1) is 22.3. The fraction of sp³-hybridized carbons (Fsp3) is 0.174. The second-order valence-electron chi connectivity index (χ2n) is 7.75. The summed E-state index contributed by atoms with van der Waals surface area (Å²) in [6.07, 6.45) is 4.81. The van der Waals surface area contributed by atoms with Gasteiger partial charge in [-0.3, -0.25) is 19.0 Å². The normalized spacial score (nSPS) is 11.4. The van der Waals surface area contributed by atoms with Gasteiger partial charge in [0, 0.05) is 45.7 Å². The van der Waals surface area contributed by atoms with Gasteiger partial charge in [-0.1, -0.05) is 23.2 Å². The maximum atomic E-state index is 13.7. The second-order valence-corrected chi connectivity index (χ2v) is 9.62. The first-order chi connectivity index (χ1) is 16.3. The van der Waals surface area contributed by atoms with Crippen LogP contribution in [0.1, 0.15) is 12.0 Å². The quantitative estimate of drug-likeness (QED) is 0.349. The summed E-state index contributed by atoms with van der Waals surface area (Å²) in [7, 11) is 1.73. The van der Waals surface area contributed by atoms with Crippen LogP contribution in [0.15, 0.2) is 46.4 Å². The monoisotopic (exact) mass is 510 g/mol. The molecule has 0 bridgehead atoms. The van der Waals surface area contributed by atoms with Crippen LogP contribution in [0.5, 0.6) is 0 Å². The van der Waals surface area contributed by atoms with E-state index in [0.717, 1.165) is 10.1 Å². The fourth-order valence-corrected chi connectivity index (χ4v) is 5.64. The Hall–Kier alpha value is -3.45. The van der Waals surface area contributed by atoms with E-state index in [0.29, 0.717) is 47.3 Å². The molecular formula is C23H16Cl2N6O2S. The number of nitrogens with zero attached hydrogens (tertiary/aromatic N) is 6. The highest BCUT2D eigenvalue weighted by Crippen LogP contribution is 2.38. The fourth-order valence-electron chi connectivity index (χ4n) is 3.98. The van der Waals surface area contributed by atoms with E-state index in [-0.39, 0.29) is 13.0 Å². The number of aromatic nitrogens is 5. The van der Waals surface area contributed by atoms with Gasteiger partial charge < -0.3 is 0 Å². The molecule has 0 unspecified atom stereocenters. The van der Waals surface area contributed by atoms with Crippen LogP contribution in [0.3, 0.4) is 0 Å². The molecule has 0 aliphatic carbocycles. The molecule has 4 heterocycles. The van der Waals surface area contributed by atoms with Crippen LogP contribution in [0.25, 0.3) is 37.2 Å². The van der Waals surface area contributed by atoms with Crippen molar-refractivity contribution in [1.82, 2.24) is 23.9 Å². The van der Waals surface area contributed by atoms with Crippen molar-refractivity contribution in [2.45, 2.75) is 19.9 Å². The highest BCUT2D eigenvalue weighted by atomic mass is 35.5. The summed E-state index contributed by atoms with van der Waals surface area (Å²) in [5.41, 5.74) is 1.84. The summed E-state index contributed by atoms with van der Waals surface area (Å²) in [4.78, 5) is 32.2. The Morgan fingerprint density at radius 1 is 1.12 bits per heavy atom. The van der Waals surface area contributed by atoms with E-state index in [1.807, 2.05) is 6.92 Å². The number of thiophene rings is 1. The van der Waals surface area contributed by atoms with E-state index in [2.05, 4.69) is 16.2 Å². The molecule has 0 aliphatic heterocycles. The Labute approximate surface area is 206 Å². The SMILES string of the molecule is Cc1cc(Cl)c(-c2cc3c(s2)c(=O)n(-c2cncc4cnn(C)c24)c(=O)n3CCC#N)cc1Cl. The number of nitriles is 1.